The number of rotatable bonds is 6. The standard InChI is InChI=1S/C14H15BO2/c1-3-7-13(8-4-1)11-16-15-17-12-14-9-5-2-6-10-14/h1-10,15H,11-12H2. The molecule has 0 aliphatic heterocycles. The van der Waals surface area contributed by atoms with Crippen molar-refractivity contribution in [2.75, 3.05) is 0 Å². The van der Waals surface area contributed by atoms with E-state index in [1.807, 2.05) is 60.7 Å². The van der Waals surface area contributed by atoms with Crippen LogP contribution in [-0.2, 0) is 22.5 Å². The Morgan fingerprint density at radius 1 is 0.647 bits per heavy atom. The maximum atomic E-state index is 5.42. The zero-order valence-electron chi connectivity index (χ0n) is 9.71. The molecule has 2 aromatic carbocycles. The molecule has 0 saturated heterocycles. The van der Waals surface area contributed by atoms with Crippen LogP contribution in [-0.4, -0.2) is 7.69 Å². The van der Waals surface area contributed by atoms with Crippen molar-refractivity contribution in [3.05, 3.63) is 71.8 Å². The third-order valence-electron chi connectivity index (χ3n) is 2.39. The van der Waals surface area contributed by atoms with E-state index in [0.717, 1.165) is 11.1 Å². The molecule has 0 N–H and O–H groups in total. The second-order valence-corrected chi connectivity index (χ2v) is 3.79. The Bertz CT molecular complexity index is 375. The molecule has 0 unspecified atom stereocenters. The van der Waals surface area contributed by atoms with Crippen molar-refractivity contribution in [2.24, 2.45) is 0 Å². The summed E-state index contributed by atoms with van der Waals surface area (Å²) in [7, 11) is 0.323. The summed E-state index contributed by atoms with van der Waals surface area (Å²) in [5.74, 6) is 0. The largest absolute Gasteiger partial charge is 0.438 e. The fourth-order valence-electron chi connectivity index (χ4n) is 1.53. The number of hydrogen-bond acceptors (Lipinski definition) is 2. The fraction of sp³-hybridized carbons (Fsp3) is 0.143. The van der Waals surface area contributed by atoms with Crippen molar-refractivity contribution in [1.82, 2.24) is 0 Å². The van der Waals surface area contributed by atoms with Gasteiger partial charge in [-0.3, -0.25) is 0 Å². The van der Waals surface area contributed by atoms with E-state index < -0.39 is 0 Å². The molecule has 0 fully saturated rings. The van der Waals surface area contributed by atoms with Crippen LogP contribution < -0.4 is 0 Å². The second-order valence-electron chi connectivity index (χ2n) is 3.79. The summed E-state index contributed by atoms with van der Waals surface area (Å²) in [6.07, 6.45) is 0. The molecule has 0 aliphatic rings. The van der Waals surface area contributed by atoms with Crippen LogP contribution in [0.15, 0.2) is 60.7 Å². The molecule has 0 radical (unpaired) electrons. The first-order valence-electron chi connectivity index (χ1n) is 5.68. The van der Waals surface area contributed by atoms with Gasteiger partial charge in [-0.2, -0.15) is 0 Å². The van der Waals surface area contributed by atoms with Gasteiger partial charge in [-0.1, -0.05) is 60.7 Å². The Morgan fingerprint density at radius 2 is 1.06 bits per heavy atom. The zero-order chi connectivity index (χ0) is 11.8. The lowest BCUT2D eigenvalue weighted by Crippen LogP contribution is -2.04. The van der Waals surface area contributed by atoms with Gasteiger partial charge in [0, 0.05) is 0 Å². The van der Waals surface area contributed by atoms with Crippen molar-refractivity contribution in [3.8, 4) is 0 Å². The molecule has 0 aliphatic carbocycles. The average molecular weight is 226 g/mol. The quantitative estimate of drug-likeness (QED) is 0.556. The van der Waals surface area contributed by atoms with Crippen LogP contribution >= 0.6 is 0 Å². The van der Waals surface area contributed by atoms with Crippen LogP contribution in [0.25, 0.3) is 0 Å². The van der Waals surface area contributed by atoms with Crippen molar-refractivity contribution in [3.63, 3.8) is 0 Å². The predicted octanol–water partition coefficient (Wildman–Crippen LogP) is 2.69. The van der Waals surface area contributed by atoms with Gasteiger partial charge in [0.15, 0.2) is 0 Å². The van der Waals surface area contributed by atoms with E-state index in [1.165, 1.54) is 0 Å². The number of hydrogen-bond donors (Lipinski definition) is 0. The van der Waals surface area contributed by atoms with Gasteiger partial charge in [0.1, 0.15) is 0 Å². The molecule has 0 amide bonds. The first-order valence-corrected chi connectivity index (χ1v) is 5.68. The molecule has 0 aromatic heterocycles. The summed E-state index contributed by atoms with van der Waals surface area (Å²) in [6.45, 7) is 1.19. The van der Waals surface area contributed by atoms with Gasteiger partial charge in [-0.25, -0.2) is 0 Å². The molecule has 0 atom stereocenters. The topological polar surface area (TPSA) is 18.5 Å². The highest BCUT2D eigenvalue weighted by Crippen LogP contribution is 2.02. The molecule has 0 heterocycles. The normalized spacial score (nSPS) is 10.1. The summed E-state index contributed by atoms with van der Waals surface area (Å²) in [6, 6.07) is 20.2. The minimum absolute atomic E-state index is 0.323. The SMILES string of the molecule is B(OCc1ccccc1)OCc1ccccc1. The summed E-state index contributed by atoms with van der Waals surface area (Å²) in [5.41, 5.74) is 2.33. The molecule has 2 rings (SSSR count). The molecular formula is C14H15BO2. The van der Waals surface area contributed by atoms with E-state index in [1.54, 1.807) is 0 Å². The summed E-state index contributed by atoms with van der Waals surface area (Å²) < 4.78 is 10.8. The smallest absolute Gasteiger partial charge is 0.410 e. The molecule has 0 spiro atoms. The van der Waals surface area contributed by atoms with Gasteiger partial charge >= 0.3 is 7.69 Å². The fourth-order valence-corrected chi connectivity index (χ4v) is 1.53. The van der Waals surface area contributed by atoms with E-state index in [-0.39, 0.29) is 0 Å². The van der Waals surface area contributed by atoms with Crippen molar-refractivity contribution in [1.29, 1.82) is 0 Å². The summed E-state index contributed by atoms with van der Waals surface area (Å²) in [4.78, 5) is 0. The van der Waals surface area contributed by atoms with Crippen molar-refractivity contribution in [2.45, 2.75) is 13.2 Å². The maximum Gasteiger partial charge on any atom is 0.438 e. The molecule has 0 bridgehead atoms. The molecule has 2 aromatic rings. The van der Waals surface area contributed by atoms with E-state index in [2.05, 4.69) is 0 Å². The first-order chi connectivity index (χ1) is 8.45. The lowest BCUT2D eigenvalue weighted by molar-refractivity contribution is 0.207. The Hall–Kier alpha value is -1.58. The third kappa shape index (κ3) is 4.43. The lowest BCUT2D eigenvalue weighted by atomic mass is 10.2. The zero-order valence-corrected chi connectivity index (χ0v) is 9.71. The molecule has 3 heteroatoms. The van der Waals surface area contributed by atoms with Gasteiger partial charge in [-0.15, -0.1) is 0 Å². The second kappa shape index (κ2) is 6.89. The van der Waals surface area contributed by atoms with Gasteiger partial charge in [0.05, 0.1) is 13.2 Å². The van der Waals surface area contributed by atoms with Gasteiger partial charge in [0.25, 0.3) is 0 Å². The van der Waals surface area contributed by atoms with Gasteiger partial charge in [-0.05, 0) is 11.1 Å². The molecule has 86 valence electrons. The van der Waals surface area contributed by atoms with E-state index in [0.29, 0.717) is 20.9 Å². The molecular weight excluding hydrogens is 211 g/mol. The predicted molar refractivity (Wildman–Crippen MR) is 69.6 cm³/mol. The highest BCUT2D eigenvalue weighted by atomic mass is 16.6. The molecule has 17 heavy (non-hydrogen) atoms. The van der Waals surface area contributed by atoms with Crippen LogP contribution in [0.4, 0.5) is 0 Å². The average Bonchev–Trinajstić information content (AvgIpc) is 2.41. The Kier molecular flexibility index (Phi) is 4.82. The Balaban J connectivity index is 1.61. The molecule has 0 saturated carbocycles. The van der Waals surface area contributed by atoms with Crippen LogP contribution in [0.2, 0.25) is 0 Å². The van der Waals surface area contributed by atoms with Crippen LogP contribution in [0, 0.1) is 0 Å². The van der Waals surface area contributed by atoms with E-state index in [4.69, 9.17) is 9.31 Å². The van der Waals surface area contributed by atoms with E-state index >= 15 is 0 Å². The van der Waals surface area contributed by atoms with Gasteiger partial charge in [0.2, 0.25) is 0 Å². The van der Waals surface area contributed by atoms with Crippen LogP contribution in [0.3, 0.4) is 0 Å². The van der Waals surface area contributed by atoms with Crippen LogP contribution in [0.5, 0.6) is 0 Å². The van der Waals surface area contributed by atoms with E-state index in [9.17, 15) is 0 Å². The van der Waals surface area contributed by atoms with Crippen molar-refractivity contribution >= 4 is 7.69 Å². The minimum atomic E-state index is 0.323. The Morgan fingerprint density at radius 3 is 1.47 bits per heavy atom. The number of benzene rings is 2. The lowest BCUT2D eigenvalue weighted by Gasteiger charge is -2.04. The Labute approximate surface area is 103 Å². The summed E-state index contributed by atoms with van der Waals surface area (Å²) in [5, 5.41) is 0. The molecule has 2 nitrogen and oxygen atoms in total. The first kappa shape index (κ1) is 11.9. The summed E-state index contributed by atoms with van der Waals surface area (Å²) >= 11 is 0. The minimum Gasteiger partial charge on any atom is -0.410 e. The highest BCUT2D eigenvalue weighted by molar-refractivity contribution is 6.17. The third-order valence-corrected chi connectivity index (χ3v) is 2.39. The van der Waals surface area contributed by atoms with Crippen molar-refractivity contribution < 1.29 is 9.31 Å². The van der Waals surface area contributed by atoms with Gasteiger partial charge < -0.3 is 9.31 Å². The highest BCUT2D eigenvalue weighted by Gasteiger charge is 1.96. The van der Waals surface area contributed by atoms with Crippen LogP contribution in [0.1, 0.15) is 11.1 Å². The maximum absolute atomic E-state index is 5.42. The monoisotopic (exact) mass is 226 g/mol.